The van der Waals surface area contributed by atoms with Gasteiger partial charge in [-0.15, -0.1) is 0 Å². The molecule has 0 aromatic heterocycles. The maximum Gasteiger partial charge on any atom is 0.310 e. The average molecular weight is 398 g/mol. The zero-order valence-corrected chi connectivity index (χ0v) is 17.6. The Balaban J connectivity index is 1.76. The molecule has 1 aliphatic rings. The molecule has 0 bridgehead atoms. The number of fused-ring (bicyclic) bond motifs is 1. The molecule has 1 saturated heterocycles. The molecule has 5 nitrogen and oxygen atoms in total. The van der Waals surface area contributed by atoms with Gasteiger partial charge in [0, 0.05) is 19.5 Å². The molecule has 1 heterocycles. The Kier molecular flexibility index (Phi) is 7.04. The van der Waals surface area contributed by atoms with Gasteiger partial charge in [0.15, 0.2) is 0 Å². The fraction of sp³-hybridized carbons (Fsp3) is 0.500. The molecule has 3 rings (SSSR count). The number of carbonyl (C=O) groups is 2. The van der Waals surface area contributed by atoms with Gasteiger partial charge in [-0.05, 0) is 43.5 Å². The Morgan fingerprint density at radius 2 is 1.76 bits per heavy atom. The SMILES string of the molecule is CC(C)(C)OC(=O)C(CC(=O)CN1CCOCC1)Cc1cccc2ccccc12. The summed E-state index contributed by atoms with van der Waals surface area (Å²) in [6.45, 7) is 8.74. The largest absolute Gasteiger partial charge is 0.460 e. The van der Waals surface area contributed by atoms with Gasteiger partial charge in [0.1, 0.15) is 11.4 Å². The van der Waals surface area contributed by atoms with E-state index < -0.39 is 11.5 Å². The number of hydrogen-bond donors (Lipinski definition) is 0. The van der Waals surface area contributed by atoms with Crippen LogP contribution in [0.15, 0.2) is 42.5 Å². The summed E-state index contributed by atoms with van der Waals surface area (Å²) >= 11 is 0. The zero-order valence-electron chi connectivity index (χ0n) is 17.6. The Labute approximate surface area is 173 Å². The van der Waals surface area contributed by atoms with E-state index in [1.807, 2.05) is 45.0 Å². The summed E-state index contributed by atoms with van der Waals surface area (Å²) in [6.07, 6.45) is 0.681. The lowest BCUT2D eigenvalue weighted by Crippen LogP contribution is -2.40. The molecular weight excluding hydrogens is 366 g/mol. The van der Waals surface area contributed by atoms with Gasteiger partial charge in [0.25, 0.3) is 0 Å². The van der Waals surface area contributed by atoms with Gasteiger partial charge in [-0.3, -0.25) is 14.5 Å². The monoisotopic (exact) mass is 397 g/mol. The number of morpholine rings is 1. The van der Waals surface area contributed by atoms with Crippen LogP contribution < -0.4 is 0 Å². The number of hydrogen-bond acceptors (Lipinski definition) is 5. The smallest absolute Gasteiger partial charge is 0.310 e. The van der Waals surface area contributed by atoms with Crippen molar-refractivity contribution in [2.45, 2.75) is 39.2 Å². The molecule has 2 aromatic carbocycles. The number of ether oxygens (including phenoxy) is 2. The normalized spacial score (nSPS) is 16.5. The Hall–Kier alpha value is -2.24. The fourth-order valence-corrected chi connectivity index (χ4v) is 3.71. The number of esters is 1. The lowest BCUT2D eigenvalue weighted by Gasteiger charge is -2.27. The van der Waals surface area contributed by atoms with Gasteiger partial charge in [0.2, 0.25) is 0 Å². The van der Waals surface area contributed by atoms with Crippen molar-refractivity contribution in [2.75, 3.05) is 32.8 Å². The third-order valence-corrected chi connectivity index (χ3v) is 5.06. The first kappa shape index (κ1) is 21.5. The fourth-order valence-electron chi connectivity index (χ4n) is 3.71. The molecule has 1 aliphatic heterocycles. The third-order valence-electron chi connectivity index (χ3n) is 5.06. The van der Waals surface area contributed by atoms with E-state index in [-0.39, 0.29) is 18.2 Å². The van der Waals surface area contributed by atoms with Gasteiger partial charge in [-0.25, -0.2) is 0 Å². The van der Waals surface area contributed by atoms with Crippen LogP contribution >= 0.6 is 0 Å². The highest BCUT2D eigenvalue weighted by Gasteiger charge is 2.28. The molecule has 29 heavy (non-hydrogen) atoms. The van der Waals surface area contributed by atoms with Crippen LogP contribution in [0, 0.1) is 5.92 Å². The second kappa shape index (κ2) is 9.51. The minimum Gasteiger partial charge on any atom is -0.460 e. The number of rotatable bonds is 7. The van der Waals surface area contributed by atoms with Crippen molar-refractivity contribution in [1.82, 2.24) is 4.90 Å². The molecule has 156 valence electrons. The van der Waals surface area contributed by atoms with E-state index in [0.29, 0.717) is 26.2 Å². The second-order valence-corrected chi connectivity index (χ2v) is 8.70. The number of ketones is 1. The first-order valence-electron chi connectivity index (χ1n) is 10.3. The molecule has 0 spiro atoms. The van der Waals surface area contributed by atoms with E-state index in [1.54, 1.807) is 0 Å². The molecule has 1 unspecified atom stereocenters. The second-order valence-electron chi connectivity index (χ2n) is 8.70. The van der Waals surface area contributed by atoms with Crippen molar-refractivity contribution in [1.29, 1.82) is 0 Å². The molecule has 0 amide bonds. The van der Waals surface area contributed by atoms with Crippen LogP contribution in [0.5, 0.6) is 0 Å². The zero-order chi connectivity index (χ0) is 20.9. The number of Topliss-reactive ketones (excluding diaryl/α,β-unsaturated/α-hetero) is 1. The van der Waals surface area contributed by atoms with Crippen LogP contribution in [-0.4, -0.2) is 55.1 Å². The third kappa shape index (κ3) is 6.38. The summed E-state index contributed by atoms with van der Waals surface area (Å²) in [5.74, 6) is -0.725. The average Bonchev–Trinajstić information content (AvgIpc) is 2.67. The summed E-state index contributed by atoms with van der Waals surface area (Å²) in [4.78, 5) is 27.8. The highest BCUT2D eigenvalue weighted by molar-refractivity contribution is 5.88. The number of nitrogens with zero attached hydrogens (tertiary/aromatic N) is 1. The summed E-state index contributed by atoms with van der Waals surface area (Å²) in [5, 5.41) is 2.25. The maximum absolute atomic E-state index is 12.9. The minimum absolute atomic E-state index is 0.0722. The highest BCUT2D eigenvalue weighted by atomic mass is 16.6. The minimum atomic E-state index is -0.582. The Morgan fingerprint density at radius 1 is 1.07 bits per heavy atom. The van der Waals surface area contributed by atoms with Crippen LogP contribution in [0.1, 0.15) is 32.8 Å². The van der Waals surface area contributed by atoms with Crippen LogP contribution in [-0.2, 0) is 25.5 Å². The standard InChI is InChI=1S/C24H31NO4/c1-24(2,3)29-23(27)20(16-21(26)17-25-11-13-28-14-12-25)15-19-9-6-8-18-7-4-5-10-22(18)19/h4-10,20H,11-17H2,1-3H3. The lowest BCUT2D eigenvalue weighted by atomic mass is 9.91. The first-order chi connectivity index (χ1) is 13.8. The Morgan fingerprint density at radius 3 is 2.48 bits per heavy atom. The van der Waals surface area contributed by atoms with Crippen molar-refractivity contribution in [3.8, 4) is 0 Å². The van der Waals surface area contributed by atoms with Crippen molar-refractivity contribution in [2.24, 2.45) is 5.92 Å². The molecule has 1 fully saturated rings. The highest BCUT2D eigenvalue weighted by Crippen LogP contribution is 2.24. The van der Waals surface area contributed by atoms with Gasteiger partial charge >= 0.3 is 5.97 Å². The van der Waals surface area contributed by atoms with Crippen molar-refractivity contribution in [3.05, 3.63) is 48.0 Å². The van der Waals surface area contributed by atoms with Crippen LogP contribution in [0.2, 0.25) is 0 Å². The molecule has 0 saturated carbocycles. The van der Waals surface area contributed by atoms with Crippen molar-refractivity contribution >= 4 is 22.5 Å². The molecule has 5 heteroatoms. The molecule has 2 aromatic rings. The molecule has 1 atom stereocenters. The van der Waals surface area contributed by atoms with Crippen molar-refractivity contribution < 1.29 is 19.1 Å². The van der Waals surface area contributed by atoms with E-state index in [4.69, 9.17) is 9.47 Å². The van der Waals surface area contributed by atoms with E-state index in [1.165, 1.54) is 0 Å². The quantitative estimate of drug-likeness (QED) is 0.668. The van der Waals surface area contributed by atoms with E-state index in [0.717, 1.165) is 29.4 Å². The van der Waals surface area contributed by atoms with Gasteiger partial charge in [0.05, 0.1) is 25.7 Å². The van der Waals surface area contributed by atoms with Gasteiger partial charge in [-0.1, -0.05) is 42.5 Å². The predicted molar refractivity (Wildman–Crippen MR) is 114 cm³/mol. The van der Waals surface area contributed by atoms with Crippen LogP contribution in [0.3, 0.4) is 0 Å². The maximum atomic E-state index is 12.9. The van der Waals surface area contributed by atoms with Gasteiger partial charge < -0.3 is 9.47 Å². The molecule has 0 radical (unpaired) electrons. The lowest BCUT2D eigenvalue weighted by molar-refractivity contribution is -0.161. The van der Waals surface area contributed by atoms with Crippen molar-refractivity contribution in [3.63, 3.8) is 0 Å². The number of benzene rings is 2. The summed E-state index contributed by atoms with van der Waals surface area (Å²) in [7, 11) is 0. The topological polar surface area (TPSA) is 55.8 Å². The molecule has 0 aliphatic carbocycles. The first-order valence-corrected chi connectivity index (χ1v) is 10.3. The summed E-state index contributed by atoms with van der Waals surface area (Å²) in [5.41, 5.74) is 0.486. The van der Waals surface area contributed by atoms with E-state index >= 15 is 0 Å². The predicted octanol–water partition coefficient (Wildman–Crippen LogP) is 3.63. The van der Waals surface area contributed by atoms with Gasteiger partial charge in [-0.2, -0.15) is 0 Å². The van der Waals surface area contributed by atoms with E-state index in [9.17, 15) is 9.59 Å². The number of carbonyl (C=O) groups excluding carboxylic acids is 2. The summed E-state index contributed by atoms with van der Waals surface area (Å²) < 4.78 is 11.0. The van der Waals surface area contributed by atoms with Crippen LogP contribution in [0.4, 0.5) is 0 Å². The van der Waals surface area contributed by atoms with E-state index in [2.05, 4.69) is 23.1 Å². The Bertz CT molecular complexity index is 844. The summed E-state index contributed by atoms with van der Waals surface area (Å²) in [6, 6.07) is 14.2. The molecular formula is C24H31NO4. The van der Waals surface area contributed by atoms with Crippen LogP contribution in [0.25, 0.3) is 10.8 Å². The molecule has 0 N–H and O–H groups in total.